The fourth-order valence-electron chi connectivity index (χ4n) is 5.41. The Kier molecular flexibility index (Phi) is 5.49. The fraction of sp³-hybridized carbons (Fsp3) is 0.320. The average Bonchev–Trinajstić information content (AvgIpc) is 3.32. The minimum atomic E-state index is -0.952. The minimum Gasteiger partial charge on any atom is -0.385 e. The van der Waals surface area contributed by atoms with E-state index in [0.717, 1.165) is 11.3 Å². The molecule has 34 heavy (non-hydrogen) atoms. The molecule has 9 heteroatoms. The third-order valence-electron chi connectivity index (χ3n) is 6.85. The van der Waals surface area contributed by atoms with Crippen molar-refractivity contribution < 1.29 is 24.0 Å². The molecule has 5 rings (SSSR count). The summed E-state index contributed by atoms with van der Waals surface area (Å²) in [4.78, 5) is 54.6. The molecule has 2 saturated heterocycles. The number of para-hydroxylation sites is 1. The number of non-ortho nitro benzene ring substituents is 1. The van der Waals surface area contributed by atoms with E-state index >= 15 is 0 Å². The Morgan fingerprint density at radius 1 is 1.09 bits per heavy atom. The van der Waals surface area contributed by atoms with Gasteiger partial charge in [-0.1, -0.05) is 42.5 Å². The summed E-state index contributed by atoms with van der Waals surface area (Å²) in [6.45, 7) is 0.633. The number of ketones is 1. The van der Waals surface area contributed by atoms with Crippen LogP contribution < -0.4 is 4.90 Å². The van der Waals surface area contributed by atoms with Crippen molar-refractivity contribution in [1.29, 1.82) is 0 Å². The van der Waals surface area contributed by atoms with Crippen LogP contribution in [0.15, 0.2) is 54.6 Å². The number of nitro benzene ring substituents is 1. The lowest BCUT2D eigenvalue weighted by Crippen LogP contribution is -2.48. The molecule has 3 aliphatic rings. The molecule has 3 aliphatic heterocycles. The zero-order valence-electron chi connectivity index (χ0n) is 18.5. The summed E-state index contributed by atoms with van der Waals surface area (Å²) < 4.78 is 5.06. The number of hydrogen-bond donors (Lipinski definition) is 0. The first kappa shape index (κ1) is 22.0. The molecule has 2 fully saturated rings. The maximum Gasteiger partial charge on any atom is 0.270 e. The molecule has 9 nitrogen and oxygen atoms in total. The van der Waals surface area contributed by atoms with E-state index in [-0.39, 0.29) is 29.6 Å². The molecule has 0 saturated carbocycles. The Hall–Kier alpha value is -3.85. The van der Waals surface area contributed by atoms with Gasteiger partial charge in [0.2, 0.25) is 11.8 Å². The van der Waals surface area contributed by atoms with Crippen LogP contribution in [0.2, 0.25) is 0 Å². The second-order valence-electron chi connectivity index (χ2n) is 8.66. The van der Waals surface area contributed by atoms with Gasteiger partial charge in [0.25, 0.3) is 5.69 Å². The molecule has 174 valence electrons. The molecular weight excluding hydrogens is 438 g/mol. The Morgan fingerprint density at radius 3 is 2.62 bits per heavy atom. The number of carbonyl (C=O) groups is 3. The highest BCUT2D eigenvalue weighted by molar-refractivity contribution is 6.14. The summed E-state index contributed by atoms with van der Waals surface area (Å²) in [5.74, 6) is -2.66. The summed E-state index contributed by atoms with van der Waals surface area (Å²) in [5, 5.41) is 11.3. The number of Topliss-reactive ketones (excluding diaryl/α,β-unsaturated/α-hetero) is 1. The van der Waals surface area contributed by atoms with Crippen molar-refractivity contribution in [3.8, 4) is 0 Å². The van der Waals surface area contributed by atoms with Crippen molar-refractivity contribution in [2.75, 3.05) is 25.2 Å². The van der Waals surface area contributed by atoms with E-state index in [9.17, 15) is 24.5 Å². The molecule has 0 N–H and O–H groups in total. The molecule has 0 radical (unpaired) electrons. The number of carbonyl (C=O) groups excluding carboxylic acids is 3. The average molecular weight is 461 g/mol. The predicted octanol–water partition coefficient (Wildman–Crippen LogP) is 2.70. The number of amides is 2. The van der Waals surface area contributed by atoms with Crippen LogP contribution in [0, 0.1) is 22.0 Å². The summed E-state index contributed by atoms with van der Waals surface area (Å²) >= 11 is 0. The first-order valence-electron chi connectivity index (χ1n) is 11.1. The van der Waals surface area contributed by atoms with Gasteiger partial charge < -0.3 is 9.64 Å². The highest BCUT2D eigenvalue weighted by atomic mass is 16.6. The van der Waals surface area contributed by atoms with Crippen LogP contribution in [0.3, 0.4) is 0 Å². The largest absolute Gasteiger partial charge is 0.385 e. The molecule has 3 heterocycles. The van der Waals surface area contributed by atoms with Gasteiger partial charge in [-0.3, -0.25) is 29.4 Å². The Morgan fingerprint density at radius 2 is 1.85 bits per heavy atom. The van der Waals surface area contributed by atoms with Gasteiger partial charge in [0.1, 0.15) is 6.04 Å². The van der Waals surface area contributed by atoms with Gasteiger partial charge in [0, 0.05) is 43.6 Å². The Bertz CT molecular complexity index is 1220. The molecule has 2 aromatic rings. The summed E-state index contributed by atoms with van der Waals surface area (Å²) in [6, 6.07) is 11.6. The topological polar surface area (TPSA) is 110 Å². The van der Waals surface area contributed by atoms with Gasteiger partial charge in [-0.25, -0.2) is 0 Å². The molecule has 2 amide bonds. The highest BCUT2D eigenvalue weighted by Crippen LogP contribution is 2.49. The molecule has 0 bridgehead atoms. The number of ether oxygens (including phenoxy) is 1. The highest BCUT2D eigenvalue weighted by Gasteiger charge is 2.63. The maximum atomic E-state index is 13.9. The van der Waals surface area contributed by atoms with Crippen LogP contribution in [0.1, 0.15) is 22.3 Å². The van der Waals surface area contributed by atoms with Crippen molar-refractivity contribution in [3.63, 3.8) is 0 Å². The van der Waals surface area contributed by atoms with Gasteiger partial charge in [0.05, 0.1) is 22.8 Å². The molecule has 0 unspecified atom stereocenters. The lowest BCUT2D eigenvalue weighted by molar-refractivity contribution is -0.384. The van der Waals surface area contributed by atoms with Gasteiger partial charge in [-0.2, -0.15) is 0 Å². The van der Waals surface area contributed by atoms with Gasteiger partial charge in [-0.15, -0.1) is 0 Å². The monoisotopic (exact) mass is 461 g/mol. The van der Waals surface area contributed by atoms with Crippen LogP contribution in [0.5, 0.6) is 0 Å². The summed E-state index contributed by atoms with van der Waals surface area (Å²) in [6.07, 6.45) is 4.30. The molecule has 0 aromatic heterocycles. The van der Waals surface area contributed by atoms with E-state index in [4.69, 9.17) is 4.74 Å². The van der Waals surface area contributed by atoms with Crippen molar-refractivity contribution in [2.24, 2.45) is 11.8 Å². The maximum absolute atomic E-state index is 13.9. The molecular formula is C25H23N3O6. The third-order valence-corrected chi connectivity index (χ3v) is 6.85. The van der Waals surface area contributed by atoms with Crippen LogP contribution in [-0.4, -0.2) is 59.8 Å². The second kappa shape index (κ2) is 8.49. The van der Waals surface area contributed by atoms with E-state index < -0.39 is 34.6 Å². The number of methoxy groups -OCH3 is 1. The molecule has 0 spiro atoms. The van der Waals surface area contributed by atoms with Crippen molar-refractivity contribution in [1.82, 2.24) is 4.90 Å². The van der Waals surface area contributed by atoms with Gasteiger partial charge in [0.15, 0.2) is 5.78 Å². The third kappa shape index (κ3) is 3.31. The van der Waals surface area contributed by atoms with Crippen molar-refractivity contribution in [3.05, 3.63) is 75.8 Å². The number of hydrogen-bond acceptors (Lipinski definition) is 7. The number of imide groups is 1. The number of nitrogens with zero attached hydrogens (tertiary/aromatic N) is 3. The zero-order valence-corrected chi connectivity index (χ0v) is 18.5. The van der Waals surface area contributed by atoms with Crippen LogP contribution in [0.4, 0.5) is 11.4 Å². The number of likely N-dealkylation sites (tertiary alicyclic amines) is 1. The first-order chi connectivity index (χ1) is 16.4. The minimum absolute atomic E-state index is 0.142. The number of nitro groups is 1. The van der Waals surface area contributed by atoms with E-state index in [0.29, 0.717) is 13.0 Å². The number of fused-ring (bicyclic) bond motifs is 5. The van der Waals surface area contributed by atoms with E-state index in [1.54, 1.807) is 7.11 Å². The molecule has 0 aliphatic carbocycles. The zero-order chi connectivity index (χ0) is 24.0. The van der Waals surface area contributed by atoms with Crippen LogP contribution in [0.25, 0.3) is 6.08 Å². The van der Waals surface area contributed by atoms with E-state index in [1.807, 2.05) is 41.3 Å². The second-order valence-corrected chi connectivity index (χ2v) is 8.66. The Balaban J connectivity index is 1.59. The lowest BCUT2D eigenvalue weighted by Gasteiger charge is -2.36. The standard InChI is InChI=1S/C25H23N3O6/c1-34-13-5-12-26-24(30)20-19-11-10-15-6-2-3-9-18(15)27(19)22(21(20)25(26)31)23(29)16-7-4-8-17(14-16)28(32)33/h2-4,6-11,14,19-22H,5,12-13H2,1H3/t19-,20+,21+,22-/m1/s1. The number of anilines is 1. The fourth-order valence-corrected chi connectivity index (χ4v) is 5.41. The number of benzene rings is 2. The summed E-state index contributed by atoms with van der Waals surface area (Å²) in [5.41, 5.74) is 1.58. The normalized spacial score (nSPS) is 24.7. The van der Waals surface area contributed by atoms with E-state index in [2.05, 4.69) is 0 Å². The SMILES string of the molecule is COCCCN1C(=O)[C@@H]2[C@H](C1=O)[C@H](C(=O)c1cccc([N+](=O)[O-])c1)N1c3ccccc3C=C[C@H]21. The van der Waals surface area contributed by atoms with Crippen LogP contribution >= 0.6 is 0 Å². The van der Waals surface area contributed by atoms with Gasteiger partial charge in [-0.05, 0) is 18.1 Å². The lowest BCUT2D eigenvalue weighted by atomic mass is 9.86. The quantitative estimate of drug-likeness (QED) is 0.205. The smallest absolute Gasteiger partial charge is 0.270 e. The predicted molar refractivity (Wildman–Crippen MR) is 123 cm³/mol. The van der Waals surface area contributed by atoms with Crippen LogP contribution in [-0.2, 0) is 14.3 Å². The Labute approximate surface area is 195 Å². The molecule has 4 atom stereocenters. The van der Waals surface area contributed by atoms with Crippen molar-refractivity contribution >= 4 is 35.0 Å². The summed E-state index contributed by atoms with van der Waals surface area (Å²) in [7, 11) is 1.55. The van der Waals surface area contributed by atoms with Gasteiger partial charge >= 0.3 is 0 Å². The molecule has 2 aromatic carbocycles. The first-order valence-corrected chi connectivity index (χ1v) is 11.1. The van der Waals surface area contributed by atoms with E-state index in [1.165, 1.54) is 29.2 Å². The number of rotatable bonds is 7. The van der Waals surface area contributed by atoms with Crippen molar-refractivity contribution in [2.45, 2.75) is 18.5 Å².